The lowest BCUT2D eigenvalue weighted by Gasteiger charge is -2.34. The highest BCUT2D eigenvalue weighted by atomic mass is 16.2. The van der Waals surface area contributed by atoms with E-state index in [-0.39, 0.29) is 29.3 Å². The van der Waals surface area contributed by atoms with Crippen LogP contribution in [0.5, 0.6) is 0 Å². The zero-order valence-electron chi connectivity index (χ0n) is 12.1. The predicted octanol–water partition coefficient (Wildman–Crippen LogP) is 2.09. The molecule has 1 aromatic heterocycles. The van der Waals surface area contributed by atoms with E-state index in [9.17, 15) is 9.59 Å². The van der Waals surface area contributed by atoms with Crippen LogP contribution in [0.4, 0.5) is 0 Å². The predicted molar refractivity (Wildman–Crippen MR) is 75.2 cm³/mol. The summed E-state index contributed by atoms with van der Waals surface area (Å²) >= 11 is 0. The summed E-state index contributed by atoms with van der Waals surface area (Å²) in [7, 11) is 1.69. The summed E-state index contributed by atoms with van der Waals surface area (Å²) in [5.41, 5.74) is 0.289. The maximum Gasteiger partial charge on any atom is 0.274 e. The summed E-state index contributed by atoms with van der Waals surface area (Å²) in [6.07, 6.45) is 10.00. The molecule has 0 radical (unpaired) electrons. The van der Waals surface area contributed by atoms with E-state index in [0.717, 1.165) is 25.7 Å². The molecular weight excluding hydrogens is 254 g/mol. The van der Waals surface area contributed by atoms with Crippen LogP contribution in [0.25, 0.3) is 0 Å². The van der Waals surface area contributed by atoms with Crippen molar-refractivity contribution < 1.29 is 9.59 Å². The second-order valence-electron chi connectivity index (χ2n) is 5.46. The Labute approximate surface area is 119 Å². The molecule has 1 aliphatic rings. The van der Waals surface area contributed by atoms with Gasteiger partial charge in [-0.2, -0.15) is 0 Å². The number of hydrogen-bond donors (Lipinski definition) is 0. The van der Waals surface area contributed by atoms with E-state index in [1.165, 1.54) is 25.0 Å². The van der Waals surface area contributed by atoms with Gasteiger partial charge in [0, 0.05) is 19.4 Å². The molecule has 2 rings (SSSR count). The Morgan fingerprint density at radius 2 is 1.95 bits per heavy atom. The van der Waals surface area contributed by atoms with Gasteiger partial charge in [0.25, 0.3) is 5.91 Å². The molecule has 0 bridgehead atoms. The van der Waals surface area contributed by atoms with Crippen LogP contribution in [-0.4, -0.2) is 39.6 Å². The molecule has 5 nitrogen and oxygen atoms in total. The molecule has 1 fully saturated rings. The van der Waals surface area contributed by atoms with Crippen LogP contribution in [0.2, 0.25) is 0 Å². The first-order valence-electron chi connectivity index (χ1n) is 7.15. The van der Waals surface area contributed by atoms with Gasteiger partial charge in [-0.25, -0.2) is 4.98 Å². The van der Waals surface area contributed by atoms with Crippen molar-refractivity contribution in [2.24, 2.45) is 5.92 Å². The highest BCUT2D eigenvalue weighted by molar-refractivity contribution is 5.95. The Hall–Kier alpha value is -1.78. The average molecular weight is 275 g/mol. The van der Waals surface area contributed by atoms with Crippen molar-refractivity contribution >= 4 is 11.7 Å². The fourth-order valence-electron chi connectivity index (χ4n) is 3.09. The van der Waals surface area contributed by atoms with Crippen molar-refractivity contribution in [3.05, 3.63) is 24.3 Å². The van der Waals surface area contributed by atoms with Gasteiger partial charge >= 0.3 is 0 Å². The molecule has 20 heavy (non-hydrogen) atoms. The standard InChI is InChI=1S/C15H21N3O2/c1-11(19)14(12-6-4-3-5-7-12)18(2)15(20)13-10-16-8-9-17-13/h8-10,12,14H,3-7H2,1-2H3. The topological polar surface area (TPSA) is 63.2 Å². The maximum atomic E-state index is 12.4. The second-order valence-corrected chi connectivity index (χ2v) is 5.46. The zero-order chi connectivity index (χ0) is 14.5. The Morgan fingerprint density at radius 3 is 2.50 bits per heavy atom. The number of Topliss-reactive ketones (excluding diaryl/α,β-unsaturated/α-hetero) is 1. The Bertz CT molecular complexity index is 469. The first kappa shape index (κ1) is 14.6. The monoisotopic (exact) mass is 275 g/mol. The summed E-state index contributed by atoms with van der Waals surface area (Å²) in [5, 5.41) is 0. The molecule has 1 atom stereocenters. The van der Waals surface area contributed by atoms with Gasteiger partial charge < -0.3 is 4.90 Å². The van der Waals surface area contributed by atoms with Crippen LogP contribution in [0.1, 0.15) is 49.5 Å². The first-order valence-corrected chi connectivity index (χ1v) is 7.15. The molecular formula is C15H21N3O2. The van der Waals surface area contributed by atoms with Crippen LogP contribution < -0.4 is 0 Å². The summed E-state index contributed by atoms with van der Waals surface area (Å²) in [4.78, 5) is 33.9. The van der Waals surface area contributed by atoms with Crippen molar-refractivity contribution in [2.45, 2.75) is 45.1 Å². The largest absolute Gasteiger partial charge is 0.330 e. The fraction of sp³-hybridized carbons (Fsp3) is 0.600. The van der Waals surface area contributed by atoms with E-state index in [2.05, 4.69) is 9.97 Å². The third-order valence-corrected chi connectivity index (χ3v) is 4.03. The Balaban J connectivity index is 2.16. The number of likely N-dealkylation sites (N-methyl/N-ethyl adjacent to an activating group) is 1. The SMILES string of the molecule is CC(=O)C(C1CCCCC1)N(C)C(=O)c1cnccn1. The van der Waals surface area contributed by atoms with Gasteiger partial charge in [-0.05, 0) is 25.7 Å². The average Bonchev–Trinajstić information content (AvgIpc) is 2.48. The second kappa shape index (κ2) is 6.59. The van der Waals surface area contributed by atoms with E-state index in [1.54, 1.807) is 18.9 Å². The van der Waals surface area contributed by atoms with E-state index < -0.39 is 0 Å². The molecule has 108 valence electrons. The lowest BCUT2D eigenvalue weighted by Crippen LogP contribution is -2.47. The van der Waals surface area contributed by atoms with Crippen molar-refractivity contribution in [1.29, 1.82) is 0 Å². The third kappa shape index (κ3) is 3.21. The first-order chi connectivity index (χ1) is 9.61. The number of rotatable bonds is 4. The number of aromatic nitrogens is 2. The van der Waals surface area contributed by atoms with Gasteiger partial charge in [0.1, 0.15) is 5.69 Å². The van der Waals surface area contributed by atoms with Crippen LogP contribution in [0, 0.1) is 5.92 Å². The number of amides is 1. The maximum absolute atomic E-state index is 12.4. The Kier molecular flexibility index (Phi) is 4.82. The molecule has 5 heteroatoms. The van der Waals surface area contributed by atoms with Crippen molar-refractivity contribution in [1.82, 2.24) is 14.9 Å². The van der Waals surface area contributed by atoms with Gasteiger partial charge in [-0.3, -0.25) is 14.6 Å². The molecule has 1 saturated carbocycles. The van der Waals surface area contributed by atoms with Gasteiger partial charge in [-0.1, -0.05) is 19.3 Å². The molecule has 0 spiro atoms. The summed E-state index contributed by atoms with van der Waals surface area (Å²) in [6, 6.07) is -0.343. The van der Waals surface area contributed by atoms with Gasteiger partial charge in [0.2, 0.25) is 0 Å². The van der Waals surface area contributed by atoms with E-state index in [4.69, 9.17) is 0 Å². The van der Waals surface area contributed by atoms with Crippen LogP contribution in [-0.2, 0) is 4.79 Å². The minimum absolute atomic E-state index is 0.0524. The smallest absolute Gasteiger partial charge is 0.274 e. The molecule has 0 aromatic carbocycles. The van der Waals surface area contributed by atoms with Gasteiger partial charge in [0.15, 0.2) is 5.78 Å². The molecule has 1 amide bonds. The van der Waals surface area contributed by atoms with Crippen LogP contribution >= 0.6 is 0 Å². The quantitative estimate of drug-likeness (QED) is 0.844. The molecule has 0 aliphatic heterocycles. The normalized spacial score (nSPS) is 17.5. The Morgan fingerprint density at radius 1 is 1.25 bits per heavy atom. The van der Waals surface area contributed by atoms with E-state index in [1.807, 2.05) is 0 Å². The highest BCUT2D eigenvalue weighted by Crippen LogP contribution is 2.29. The van der Waals surface area contributed by atoms with Crippen LogP contribution in [0.15, 0.2) is 18.6 Å². The third-order valence-electron chi connectivity index (χ3n) is 4.03. The lowest BCUT2D eigenvalue weighted by atomic mass is 9.82. The molecule has 1 heterocycles. The van der Waals surface area contributed by atoms with E-state index >= 15 is 0 Å². The summed E-state index contributed by atoms with van der Waals surface area (Å²) < 4.78 is 0. The molecule has 0 saturated heterocycles. The van der Waals surface area contributed by atoms with Crippen molar-refractivity contribution in [3.63, 3.8) is 0 Å². The van der Waals surface area contributed by atoms with E-state index in [0.29, 0.717) is 0 Å². The minimum Gasteiger partial charge on any atom is -0.330 e. The number of nitrogens with zero attached hydrogens (tertiary/aromatic N) is 3. The summed E-state index contributed by atoms with van der Waals surface area (Å²) in [5.74, 6) is 0.0902. The van der Waals surface area contributed by atoms with Crippen molar-refractivity contribution in [2.75, 3.05) is 7.05 Å². The zero-order valence-corrected chi connectivity index (χ0v) is 12.1. The number of ketones is 1. The molecule has 1 aliphatic carbocycles. The molecule has 1 aromatic rings. The lowest BCUT2D eigenvalue weighted by molar-refractivity contribution is -0.123. The number of hydrogen-bond acceptors (Lipinski definition) is 4. The highest BCUT2D eigenvalue weighted by Gasteiger charge is 2.33. The number of carbonyl (C=O) groups is 2. The van der Waals surface area contributed by atoms with Gasteiger partial charge in [-0.15, -0.1) is 0 Å². The van der Waals surface area contributed by atoms with Crippen LogP contribution in [0.3, 0.4) is 0 Å². The number of carbonyl (C=O) groups excluding carboxylic acids is 2. The minimum atomic E-state index is -0.343. The summed E-state index contributed by atoms with van der Waals surface area (Å²) in [6.45, 7) is 1.57. The fourth-order valence-corrected chi connectivity index (χ4v) is 3.09. The van der Waals surface area contributed by atoms with Gasteiger partial charge in [0.05, 0.1) is 12.2 Å². The molecule has 0 N–H and O–H groups in total. The molecule has 1 unspecified atom stereocenters. The van der Waals surface area contributed by atoms with Crippen molar-refractivity contribution in [3.8, 4) is 0 Å².